The van der Waals surface area contributed by atoms with Crippen LogP contribution in [0.2, 0.25) is 5.02 Å². The van der Waals surface area contributed by atoms with Gasteiger partial charge in [-0.25, -0.2) is 0 Å². The molecular weight excluding hydrogens is 298 g/mol. The van der Waals surface area contributed by atoms with Crippen molar-refractivity contribution in [3.63, 3.8) is 0 Å². The predicted molar refractivity (Wildman–Crippen MR) is 88.2 cm³/mol. The molecule has 0 spiro atoms. The van der Waals surface area contributed by atoms with Gasteiger partial charge in [0.1, 0.15) is 0 Å². The van der Waals surface area contributed by atoms with Crippen molar-refractivity contribution >= 4 is 11.6 Å². The predicted octanol–water partition coefficient (Wildman–Crippen LogP) is 2.87. The number of aryl methyl sites for hydroxylation is 1. The molecule has 1 aliphatic rings. The van der Waals surface area contributed by atoms with Crippen molar-refractivity contribution in [1.82, 2.24) is 14.7 Å². The maximum Gasteiger partial charge on any atom is 0.0743 e. The molecule has 0 aliphatic carbocycles. The third-order valence-corrected chi connectivity index (χ3v) is 4.42. The number of morpholine rings is 1. The molecule has 2 heterocycles. The van der Waals surface area contributed by atoms with Crippen LogP contribution >= 0.6 is 11.6 Å². The second kappa shape index (κ2) is 7.77. The summed E-state index contributed by atoms with van der Waals surface area (Å²) in [5, 5.41) is 5.07. The van der Waals surface area contributed by atoms with E-state index in [4.69, 9.17) is 16.3 Å². The molecule has 3 rings (SSSR count). The van der Waals surface area contributed by atoms with E-state index in [0.717, 1.165) is 50.7 Å². The fourth-order valence-corrected chi connectivity index (χ4v) is 3.12. The van der Waals surface area contributed by atoms with E-state index in [0.29, 0.717) is 0 Å². The molecule has 0 bridgehead atoms. The number of benzene rings is 1. The minimum Gasteiger partial charge on any atom is -0.375 e. The Kier molecular flexibility index (Phi) is 5.48. The molecule has 0 amide bonds. The Bertz CT molecular complexity index is 573. The smallest absolute Gasteiger partial charge is 0.0743 e. The Morgan fingerprint density at radius 2 is 2.14 bits per heavy atom. The number of halogens is 1. The van der Waals surface area contributed by atoms with E-state index in [9.17, 15) is 0 Å². The first-order valence-corrected chi connectivity index (χ1v) is 8.24. The highest BCUT2D eigenvalue weighted by molar-refractivity contribution is 6.31. The van der Waals surface area contributed by atoms with Crippen LogP contribution in [0.25, 0.3) is 0 Å². The highest BCUT2D eigenvalue weighted by Gasteiger charge is 2.21. The van der Waals surface area contributed by atoms with Crippen molar-refractivity contribution in [3.05, 3.63) is 53.3 Å². The third kappa shape index (κ3) is 4.32. The average molecular weight is 320 g/mol. The minimum atomic E-state index is 0.235. The molecule has 1 unspecified atom stereocenters. The first kappa shape index (κ1) is 15.5. The van der Waals surface area contributed by atoms with Crippen LogP contribution in [-0.2, 0) is 17.7 Å². The molecule has 1 aliphatic heterocycles. The van der Waals surface area contributed by atoms with Gasteiger partial charge in [0, 0.05) is 50.0 Å². The molecule has 5 heteroatoms. The zero-order valence-electron chi connectivity index (χ0n) is 12.7. The van der Waals surface area contributed by atoms with Crippen LogP contribution in [0, 0.1) is 0 Å². The first-order valence-electron chi connectivity index (χ1n) is 7.86. The Balaban J connectivity index is 1.46. The number of nitrogens with zero attached hydrogens (tertiary/aromatic N) is 3. The molecule has 1 saturated heterocycles. The van der Waals surface area contributed by atoms with E-state index in [2.05, 4.69) is 16.1 Å². The lowest BCUT2D eigenvalue weighted by Crippen LogP contribution is -2.43. The third-order valence-electron chi connectivity index (χ3n) is 4.05. The van der Waals surface area contributed by atoms with Gasteiger partial charge in [0.25, 0.3) is 0 Å². The van der Waals surface area contributed by atoms with Crippen LogP contribution in [0.4, 0.5) is 0 Å². The Hall–Kier alpha value is -1.36. The fourth-order valence-electron chi connectivity index (χ4n) is 2.91. The highest BCUT2D eigenvalue weighted by Crippen LogP contribution is 2.19. The molecular formula is C17H22ClN3O. The molecule has 0 saturated carbocycles. The summed E-state index contributed by atoms with van der Waals surface area (Å²) in [7, 11) is 0. The van der Waals surface area contributed by atoms with Gasteiger partial charge in [-0.15, -0.1) is 0 Å². The number of ether oxygens (including phenoxy) is 1. The number of hydrogen-bond acceptors (Lipinski definition) is 3. The summed E-state index contributed by atoms with van der Waals surface area (Å²) in [6.07, 6.45) is 6.07. The van der Waals surface area contributed by atoms with Crippen molar-refractivity contribution < 1.29 is 4.74 Å². The van der Waals surface area contributed by atoms with Gasteiger partial charge < -0.3 is 4.74 Å². The largest absolute Gasteiger partial charge is 0.375 e. The summed E-state index contributed by atoms with van der Waals surface area (Å²) in [5.74, 6) is 0. The molecule has 2 aromatic rings. The van der Waals surface area contributed by atoms with Crippen LogP contribution in [0.1, 0.15) is 12.0 Å². The second-order valence-electron chi connectivity index (χ2n) is 5.71. The van der Waals surface area contributed by atoms with Crippen LogP contribution in [0.5, 0.6) is 0 Å². The van der Waals surface area contributed by atoms with E-state index < -0.39 is 0 Å². The molecule has 22 heavy (non-hydrogen) atoms. The van der Waals surface area contributed by atoms with Crippen molar-refractivity contribution in [3.8, 4) is 0 Å². The molecule has 1 aromatic carbocycles. The van der Waals surface area contributed by atoms with Gasteiger partial charge in [-0.05, 0) is 24.1 Å². The molecule has 4 nitrogen and oxygen atoms in total. The molecule has 118 valence electrons. The molecule has 1 atom stereocenters. The van der Waals surface area contributed by atoms with Crippen molar-refractivity contribution in [2.24, 2.45) is 0 Å². The fraction of sp³-hybridized carbons (Fsp3) is 0.471. The lowest BCUT2D eigenvalue weighted by atomic mass is 10.1. The average Bonchev–Trinajstić information content (AvgIpc) is 3.03. The van der Waals surface area contributed by atoms with Gasteiger partial charge in [0.2, 0.25) is 0 Å². The zero-order chi connectivity index (χ0) is 15.2. The molecule has 1 fully saturated rings. The lowest BCUT2D eigenvalue weighted by molar-refractivity contribution is -0.0281. The van der Waals surface area contributed by atoms with Crippen LogP contribution in [0.3, 0.4) is 0 Å². The maximum atomic E-state index is 6.24. The minimum absolute atomic E-state index is 0.235. The summed E-state index contributed by atoms with van der Waals surface area (Å²) in [6, 6.07) is 10.00. The Morgan fingerprint density at radius 1 is 1.23 bits per heavy atom. The monoisotopic (exact) mass is 319 g/mol. The topological polar surface area (TPSA) is 30.3 Å². The standard InChI is InChI=1S/C17H22ClN3O/c18-17-6-2-1-5-15(17)13-16-14-20(11-12-22-16)8-4-10-21-9-3-7-19-21/h1-3,5-7,9,16H,4,8,10-14H2. The van der Waals surface area contributed by atoms with E-state index in [1.165, 1.54) is 5.56 Å². The van der Waals surface area contributed by atoms with Crippen LogP contribution in [-0.4, -0.2) is 47.0 Å². The summed E-state index contributed by atoms with van der Waals surface area (Å²) >= 11 is 6.24. The summed E-state index contributed by atoms with van der Waals surface area (Å²) in [5.41, 5.74) is 1.17. The highest BCUT2D eigenvalue weighted by atomic mass is 35.5. The van der Waals surface area contributed by atoms with Gasteiger partial charge in [-0.2, -0.15) is 5.10 Å². The van der Waals surface area contributed by atoms with Gasteiger partial charge in [0.05, 0.1) is 12.7 Å². The summed E-state index contributed by atoms with van der Waals surface area (Å²) < 4.78 is 7.89. The van der Waals surface area contributed by atoms with Gasteiger partial charge in [-0.3, -0.25) is 9.58 Å². The lowest BCUT2D eigenvalue weighted by Gasteiger charge is -2.33. The normalized spacial score (nSPS) is 19.4. The maximum absolute atomic E-state index is 6.24. The van der Waals surface area contributed by atoms with Gasteiger partial charge in [0.15, 0.2) is 0 Å². The number of hydrogen-bond donors (Lipinski definition) is 0. The summed E-state index contributed by atoms with van der Waals surface area (Å²) in [4.78, 5) is 2.48. The van der Waals surface area contributed by atoms with E-state index in [1.54, 1.807) is 0 Å². The SMILES string of the molecule is Clc1ccccc1CC1CN(CCCn2cccn2)CCO1. The van der Waals surface area contributed by atoms with Gasteiger partial charge in [-0.1, -0.05) is 29.8 Å². The quantitative estimate of drug-likeness (QED) is 0.820. The van der Waals surface area contributed by atoms with Crippen molar-refractivity contribution in [2.75, 3.05) is 26.2 Å². The van der Waals surface area contributed by atoms with Gasteiger partial charge >= 0.3 is 0 Å². The van der Waals surface area contributed by atoms with E-state index in [1.807, 2.05) is 41.3 Å². The second-order valence-corrected chi connectivity index (χ2v) is 6.12. The molecule has 1 aromatic heterocycles. The molecule has 0 radical (unpaired) electrons. The van der Waals surface area contributed by atoms with Crippen LogP contribution in [0.15, 0.2) is 42.7 Å². The van der Waals surface area contributed by atoms with Crippen LogP contribution < -0.4 is 0 Å². The Labute approximate surface area is 136 Å². The number of aromatic nitrogens is 2. The van der Waals surface area contributed by atoms with E-state index >= 15 is 0 Å². The van der Waals surface area contributed by atoms with Crippen molar-refractivity contribution in [1.29, 1.82) is 0 Å². The Morgan fingerprint density at radius 3 is 2.95 bits per heavy atom. The van der Waals surface area contributed by atoms with Crippen molar-refractivity contribution in [2.45, 2.75) is 25.5 Å². The summed E-state index contributed by atoms with van der Waals surface area (Å²) in [6.45, 7) is 4.85. The van der Waals surface area contributed by atoms with E-state index in [-0.39, 0.29) is 6.10 Å². The molecule has 0 N–H and O–H groups in total. The number of rotatable bonds is 6. The first-order chi connectivity index (χ1) is 10.8. The zero-order valence-corrected chi connectivity index (χ0v) is 13.5.